The average Bonchev–Trinajstić information content (AvgIpc) is 2.56. The Morgan fingerprint density at radius 3 is 1.26 bits per heavy atom. The highest BCUT2D eigenvalue weighted by molar-refractivity contribution is 6.89. The second-order valence-electron chi connectivity index (χ2n) is 15.1. The van der Waals surface area contributed by atoms with Crippen LogP contribution < -0.4 is 0 Å². The van der Waals surface area contributed by atoms with Gasteiger partial charge in [-0.3, -0.25) is 19.3 Å². The second-order valence-corrected chi connectivity index (χ2v) is 38.6. The fourth-order valence-electron chi connectivity index (χ4n) is 4.46. The van der Waals surface area contributed by atoms with Crippen molar-refractivity contribution in [3.63, 3.8) is 0 Å². The van der Waals surface area contributed by atoms with E-state index in [1.54, 1.807) is 4.90 Å². The molecule has 1 atom stereocenters. The van der Waals surface area contributed by atoms with Crippen molar-refractivity contribution < 1.29 is 27.7 Å². The fraction of sp³-hybridized carbons (Fsp3) is 0.880. The van der Waals surface area contributed by atoms with Crippen molar-refractivity contribution in [3.05, 3.63) is 0 Å². The largest absolute Gasteiger partial charge is 0.519 e. The lowest BCUT2D eigenvalue weighted by Crippen LogP contribution is -2.59. The van der Waals surface area contributed by atoms with E-state index in [4.69, 9.17) is 13.3 Å². The lowest BCUT2D eigenvalue weighted by Gasteiger charge is -2.43. The van der Waals surface area contributed by atoms with E-state index < -0.39 is 59.4 Å². The second kappa shape index (κ2) is 14.4. The number of rotatable bonds is 16. The Morgan fingerprint density at radius 1 is 0.579 bits per heavy atom. The van der Waals surface area contributed by atoms with Crippen molar-refractivity contribution in [1.29, 1.82) is 0 Å². The lowest BCUT2D eigenvalue weighted by molar-refractivity contribution is -0.147. The molecule has 0 fully saturated rings. The van der Waals surface area contributed by atoms with E-state index in [9.17, 15) is 14.4 Å². The highest BCUT2D eigenvalue weighted by Crippen LogP contribution is 2.22. The summed E-state index contributed by atoms with van der Waals surface area (Å²) < 4.78 is 20.0. The third-order valence-electron chi connectivity index (χ3n) is 5.35. The molecule has 224 valence electrons. The third-order valence-corrected chi connectivity index (χ3v) is 15.6. The first-order valence-electron chi connectivity index (χ1n) is 13.9. The van der Waals surface area contributed by atoms with Crippen molar-refractivity contribution in [2.75, 3.05) is 19.6 Å². The molecule has 0 aliphatic rings. The summed E-state index contributed by atoms with van der Waals surface area (Å²) in [6.45, 7) is 32.5. The summed E-state index contributed by atoms with van der Waals surface area (Å²) in [4.78, 5) is 40.8. The summed E-state index contributed by atoms with van der Waals surface area (Å²) >= 11 is 0. The first-order chi connectivity index (χ1) is 16.7. The van der Waals surface area contributed by atoms with Crippen LogP contribution in [0.25, 0.3) is 0 Å². The number of carbonyl (C=O) groups excluding carboxylic acids is 3. The van der Waals surface area contributed by atoms with Gasteiger partial charge in [-0.1, -0.05) is 45.7 Å². The van der Waals surface area contributed by atoms with E-state index in [0.717, 1.165) is 19.4 Å². The molecule has 0 bridgehead atoms. The van der Waals surface area contributed by atoms with Gasteiger partial charge in [-0.2, -0.15) is 0 Å². The quantitative estimate of drug-likeness (QED) is 0.155. The van der Waals surface area contributed by atoms with E-state index in [2.05, 4.69) is 43.5 Å². The Bertz CT molecular complexity index is 749. The van der Waals surface area contributed by atoms with E-state index in [1.165, 1.54) is 0 Å². The minimum Gasteiger partial charge on any atom is -0.519 e. The van der Waals surface area contributed by atoms with Crippen molar-refractivity contribution >= 4 is 59.3 Å². The smallest absolute Gasteiger partial charge is 0.310 e. The number of unbranched alkanes of at least 4 members (excludes halogenated alkanes) is 1. The molecule has 0 N–H and O–H groups in total. The van der Waals surface area contributed by atoms with Crippen LogP contribution in [0.1, 0.15) is 19.3 Å². The van der Waals surface area contributed by atoms with Gasteiger partial charge in [-0.25, -0.2) is 0 Å². The van der Waals surface area contributed by atoms with Gasteiger partial charge in [0.05, 0.1) is 13.1 Å². The predicted octanol–water partition coefficient (Wildman–Crippen LogP) is 5.93. The molecule has 0 saturated carbocycles. The molecule has 0 aromatic heterocycles. The van der Waals surface area contributed by atoms with Crippen LogP contribution in [0.5, 0.6) is 0 Å². The van der Waals surface area contributed by atoms with Gasteiger partial charge >= 0.3 is 17.9 Å². The molecule has 0 rings (SSSR count). The number of hydrogen-bond donors (Lipinski definition) is 0. The van der Waals surface area contributed by atoms with Crippen LogP contribution in [0.15, 0.2) is 0 Å². The monoisotopic (exact) mass is 622 g/mol. The molecular formula is C25H58N2O6Si5. The van der Waals surface area contributed by atoms with Crippen LogP contribution in [0, 0.1) is 0 Å². The zero-order valence-electron chi connectivity index (χ0n) is 27.2. The molecule has 13 heteroatoms. The standard InChI is InChI=1S/C25H58N2O6Si5/c1-34(2,3)27(35(4,5)6)19-17-16-18-22(25(30)33-38(13,14)15)26(20-23(28)31-36(7,8)9)21-24(29)32-37(10,11)12/h22H,16-21H2,1-15H3. The molecule has 0 amide bonds. The Labute approximate surface area is 238 Å². The van der Waals surface area contributed by atoms with Crippen molar-refractivity contribution in [2.24, 2.45) is 0 Å². The number of carbonyl (C=O) groups is 3. The van der Waals surface area contributed by atoms with Crippen molar-refractivity contribution in [3.8, 4) is 0 Å². The van der Waals surface area contributed by atoms with E-state index in [-0.39, 0.29) is 19.1 Å². The Hall–Kier alpha value is -0.586. The summed E-state index contributed by atoms with van der Waals surface area (Å²) in [6, 6.07) is -0.711. The molecule has 8 nitrogen and oxygen atoms in total. The highest BCUT2D eigenvalue weighted by Gasteiger charge is 2.36. The van der Waals surface area contributed by atoms with Crippen molar-refractivity contribution in [1.82, 2.24) is 9.13 Å². The van der Waals surface area contributed by atoms with Gasteiger partial charge in [0.25, 0.3) is 0 Å². The van der Waals surface area contributed by atoms with E-state index >= 15 is 0 Å². The van der Waals surface area contributed by atoms with Crippen LogP contribution in [-0.2, 0) is 27.7 Å². The Kier molecular flexibility index (Phi) is 14.1. The van der Waals surface area contributed by atoms with Crippen LogP contribution in [0.2, 0.25) is 98.2 Å². The molecular weight excluding hydrogens is 565 g/mol. The number of nitrogens with zero attached hydrogens (tertiary/aromatic N) is 2. The SMILES string of the molecule is C[Si](C)(C)OC(=O)CN(CC(=O)O[Si](C)(C)C)C(CCCCN([Si](C)(C)C)[Si](C)(C)C)C(=O)O[Si](C)(C)C. The van der Waals surface area contributed by atoms with Gasteiger partial charge in [0.1, 0.15) is 22.5 Å². The summed E-state index contributed by atoms with van der Waals surface area (Å²) in [5, 5.41) is 0. The zero-order valence-corrected chi connectivity index (χ0v) is 32.2. The van der Waals surface area contributed by atoms with Crippen LogP contribution in [0.3, 0.4) is 0 Å². The van der Waals surface area contributed by atoms with Gasteiger partial charge in [0.15, 0.2) is 0 Å². The maximum atomic E-state index is 13.5. The van der Waals surface area contributed by atoms with Gasteiger partial charge < -0.3 is 17.5 Å². The summed E-state index contributed by atoms with van der Waals surface area (Å²) in [5.74, 6) is -1.20. The molecule has 0 radical (unpaired) electrons. The number of hydrogen-bond acceptors (Lipinski definition) is 8. The molecule has 0 aliphatic heterocycles. The fourth-order valence-corrected chi connectivity index (χ4v) is 16.4. The van der Waals surface area contributed by atoms with Gasteiger partial charge in [-0.05, 0) is 78.3 Å². The molecule has 38 heavy (non-hydrogen) atoms. The minimum atomic E-state index is -2.19. The summed E-state index contributed by atoms with van der Waals surface area (Å²) in [7, 11) is -9.43. The predicted molar refractivity (Wildman–Crippen MR) is 171 cm³/mol. The Morgan fingerprint density at radius 2 is 0.947 bits per heavy atom. The minimum absolute atomic E-state index is 0.146. The third kappa shape index (κ3) is 17.2. The molecule has 1 unspecified atom stereocenters. The van der Waals surface area contributed by atoms with Gasteiger partial charge in [-0.15, -0.1) is 0 Å². The maximum Gasteiger partial charge on any atom is 0.310 e. The topological polar surface area (TPSA) is 85.4 Å². The molecule has 0 saturated heterocycles. The van der Waals surface area contributed by atoms with Gasteiger partial charge in [0.2, 0.25) is 25.0 Å². The van der Waals surface area contributed by atoms with Crippen LogP contribution in [-0.4, -0.2) is 94.1 Å². The summed E-state index contributed by atoms with van der Waals surface area (Å²) in [6.07, 6.45) is 2.24. The molecule has 0 aromatic carbocycles. The van der Waals surface area contributed by atoms with E-state index in [0.29, 0.717) is 6.42 Å². The van der Waals surface area contributed by atoms with E-state index in [1.807, 2.05) is 58.9 Å². The molecule has 0 heterocycles. The molecule has 0 aromatic rings. The first-order valence-corrected chi connectivity index (χ1v) is 31.0. The lowest BCUT2D eigenvalue weighted by atomic mass is 10.1. The average molecular weight is 623 g/mol. The van der Waals surface area contributed by atoms with Crippen molar-refractivity contribution in [2.45, 2.75) is 124 Å². The maximum absolute atomic E-state index is 13.5. The summed E-state index contributed by atoms with van der Waals surface area (Å²) in [5.41, 5.74) is 0. The molecule has 0 spiro atoms. The zero-order chi connectivity index (χ0) is 30.3. The Balaban J connectivity index is 5.96. The van der Waals surface area contributed by atoms with Gasteiger partial charge in [0, 0.05) is 0 Å². The molecule has 0 aliphatic carbocycles. The normalized spacial score (nSPS) is 14.4. The van der Waals surface area contributed by atoms with Crippen LogP contribution in [0.4, 0.5) is 0 Å². The van der Waals surface area contributed by atoms with Crippen LogP contribution >= 0.6 is 0 Å². The first kappa shape index (κ1) is 37.4. The highest BCUT2D eigenvalue weighted by atomic mass is 28.4.